The van der Waals surface area contributed by atoms with Gasteiger partial charge < -0.3 is 5.73 Å². The monoisotopic (exact) mass is 273 g/mol. The Morgan fingerprint density at radius 1 is 1.28 bits per heavy atom. The third-order valence-electron chi connectivity index (χ3n) is 1.85. The fourth-order valence-corrected chi connectivity index (χ4v) is 2.31. The fourth-order valence-electron chi connectivity index (χ4n) is 1.22. The van der Waals surface area contributed by atoms with Gasteiger partial charge in [-0.05, 0) is 12.1 Å². The molecule has 0 fully saturated rings. The molecule has 0 bridgehead atoms. The summed E-state index contributed by atoms with van der Waals surface area (Å²) in [6.45, 7) is 0. The van der Waals surface area contributed by atoms with Gasteiger partial charge in [0.15, 0.2) is 0 Å². The van der Waals surface area contributed by atoms with Crippen LogP contribution in [0.5, 0.6) is 0 Å². The van der Waals surface area contributed by atoms with Crippen molar-refractivity contribution in [3.8, 4) is 0 Å². The molecule has 9 heteroatoms. The van der Waals surface area contributed by atoms with Crippen LogP contribution in [0.25, 0.3) is 0 Å². The van der Waals surface area contributed by atoms with Crippen molar-refractivity contribution in [1.29, 1.82) is 0 Å². The number of hydroxylamine groups is 1. The normalized spacial score (nSPS) is 10.7. The number of amides is 3. The summed E-state index contributed by atoms with van der Waals surface area (Å²) in [5.74, 6) is -0.761. The maximum atomic E-state index is 11.7. The number of rotatable bonds is 4. The van der Waals surface area contributed by atoms with E-state index in [2.05, 4.69) is 4.84 Å². The maximum absolute atomic E-state index is 11.7. The summed E-state index contributed by atoms with van der Waals surface area (Å²) in [6, 6.07) is 4.06. The van der Waals surface area contributed by atoms with Gasteiger partial charge >= 0.3 is 6.03 Å². The van der Waals surface area contributed by atoms with Crippen LogP contribution in [0.3, 0.4) is 0 Å². The molecule has 0 saturated heterocycles. The molecule has 98 valence electrons. The van der Waals surface area contributed by atoms with Gasteiger partial charge in [0.25, 0.3) is 15.9 Å². The topological polar surface area (TPSA) is 128 Å². The van der Waals surface area contributed by atoms with Crippen LogP contribution in [0, 0.1) is 0 Å². The zero-order chi connectivity index (χ0) is 13.8. The van der Waals surface area contributed by atoms with Crippen LogP contribution < -0.4 is 15.9 Å². The number of hydrogen-bond acceptors (Lipinski definition) is 5. The molecule has 1 aromatic carbocycles. The maximum Gasteiger partial charge on any atom is 0.326 e. The van der Waals surface area contributed by atoms with Crippen molar-refractivity contribution >= 4 is 22.0 Å². The van der Waals surface area contributed by atoms with Gasteiger partial charge in [0.05, 0.1) is 12.7 Å². The lowest BCUT2D eigenvalue weighted by atomic mass is 10.2. The van der Waals surface area contributed by atoms with E-state index in [1.54, 1.807) is 4.72 Å². The molecular weight excluding hydrogens is 262 g/mol. The highest BCUT2D eigenvalue weighted by molar-refractivity contribution is 7.90. The third-order valence-corrected chi connectivity index (χ3v) is 3.26. The van der Waals surface area contributed by atoms with Crippen LogP contribution in [-0.4, -0.2) is 27.5 Å². The second-order valence-electron chi connectivity index (χ2n) is 3.10. The first-order valence-corrected chi connectivity index (χ1v) is 6.11. The number of primary amides is 1. The molecule has 0 aliphatic heterocycles. The lowest BCUT2D eigenvalue weighted by Crippen LogP contribution is -2.36. The lowest BCUT2D eigenvalue weighted by molar-refractivity contribution is 0.0534. The summed E-state index contributed by atoms with van der Waals surface area (Å²) in [5, 5.41) is 0. The van der Waals surface area contributed by atoms with Crippen LogP contribution in [0.1, 0.15) is 10.4 Å². The molecule has 8 nitrogen and oxygen atoms in total. The number of nitrogens with two attached hydrogens (primary N) is 1. The Bertz CT molecular complexity index is 569. The minimum Gasteiger partial charge on any atom is -0.351 e. The van der Waals surface area contributed by atoms with Gasteiger partial charge in [-0.25, -0.2) is 23.4 Å². The Hall–Kier alpha value is -2.13. The molecule has 18 heavy (non-hydrogen) atoms. The van der Waals surface area contributed by atoms with E-state index in [0.717, 1.165) is 6.07 Å². The van der Waals surface area contributed by atoms with E-state index >= 15 is 0 Å². The van der Waals surface area contributed by atoms with Gasteiger partial charge in [0.2, 0.25) is 0 Å². The van der Waals surface area contributed by atoms with E-state index in [0.29, 0.717) is 0 Å². The average Bonchev–Trinajstić information content (AvgIpc) is 2.27. The second-order valence-corrected chi connectivity index (χ2v) is 4.75. The molecule has 0 atom stereocenters. The van der Waals surface area contributed by atoms with Crippen LogP contribution in [0.15, 0.2) is 29.2 Å². The number of nitrogens with one attached hydrogen (secondary N) is 2. The van der Waals surface area contributed by atoms with Crippen molar-refractivity contribution in [2.75, 3.05) is 7.11 Å². The predicted molar refractivity (Wildman–Crippen MR) is 60.8 cm³/mol. The lowest BCUT2D eigenvalue weighted by Gasteiger charge is -2.09. The molecule has 3 amide bonds. The van der Waals surface area contributed by atoms with Crippen LogP contribution in [-0.2, 0) is 14.9 Å². The first kappa shape index (κ1) is 13.9. The van der Waals surface area contributed by atoms with Crippen LogP contribution in [0.4, 0.5) is 4.79 Å². The molecule has 0 aromatic heterocycles. The van der Waals surface area contributed by atoms with Gasteiger partial charge in [0, 0.05) is 0 Å². The second kappa shape index (κ2) is 5.47. The Morgan fingerprint density at radius 2 is 1.89 bits per heavy atom. The number of carbonyl (C=O) groups excluding carboxylic acids is 2. The van der Waals surface area contributed by atoms with E-state index < -0.39 is 22.0 Å². The Morgan fingerprint density at radius 3 is 2.44 bits per heavy atom. The molecule has 0 radical (unpaired) electrons. The highest BCUT2D eigenvalue weighted by Gasteiger charge is 2.23. The molecule has 0 aliphatic carbocycles. The summed E-state index contributed by atoms with van der Waals surface area (Å²) in [5.41, 5.74) is 6.55. The molecule has 1 rings (SSSR count). The first-order chi connectivity index (χ1) is 8.38. The molecule has 4 N–H and O–H groups in total. The zero-order valence-corrected chi connectivity index (χ0v) is 10.2. The van der Waals surface area contributed by atoms with Crippen molar-refractivity contribution < 1.29 is 22.8 Å². The summed E-state index contributed by atoms with van der Waals surface area (Å²) in [4.78, 5) is 26.2. The summed E-state index contributed by atoms with van der Waals surface area (Å²) in [7, 11) is -2.99. The van der Waals surface area contributed by atoms with Crippen molar-refractivity contribution in [2.45, 2.75) is 4.90 Å². The SMILES string of the molecule is CONC(=O)c1ccccc1S(=O)(=O)NC(N)=O. The molecule has 0 saturated carbocycles. The van der Waals surface area contributed by atoms with Crippen molar-refractivity contribution in [1.82, 2.24) is 10.2 Å². The Balaban J connectivity index is 3.25. The summed E-state index contributed by atoms with van der Waals surface area (Å²) < 4.78 is 25.0. The highest BCUT2D eigenvalue weighted by atomic mass is 32.2. The van der Waals surface area contributed by atoms with E-state index in [1.165, 1.54) is 25.3 Å². The van der Waals surface area contributed by atoms with Crippen LogP contribution >= 0.6 is 0 Å². The number of carbonyl (C=O) groups is 2. The smallest absolute Gasteiger partial charge is 0.326 e. The van der Waals surface area contributed by atoms with E-state index in [9.17, 15) is 18.0 Å². The number of sulfonamides is 1. The fraction of sp³-hybridized carbons (Fsp3) is 0.111. The highest BCUT2D eigenvalue weighted by Crippen LogP contribution is 2.14. The summed E-state index contributed by atoms with van der Waals surface area (Å²) in [6.07, 6.45) is 0. The van der Waals surface area contributed by atoms with Crippen molar-refractivity contribution in [3.05, 3.63) is 29.8 Å². The van der Waals surface area contributed by atoms with Gasteiger partial charge in [-0.1, -0.05) is 12.1 Å². The van der Waals surface area contributed by atoms with Gasteiger partial charge in [-0.15, -0.1) is 0 Å². The zero-order valence-electron chi connectivity index (χ0n) is 9.34. The molecular formula is C9H11N3O5S. The standard InChI is InChI=1S/C9H11N3O5S/c1-17-11-8(13)6-4-2-3-5-7(6)18(15,16)12-9(10)14/h2-5H,1H3,(H,11,13)(H3,10,12,14). The molecule has 0 unspecified atom stereocenters. The predicted octanol–water partition coefficient (Wildman–Crippen LogP) is -0.665. The quantitative estimate of drug-likeness (QED) is 0.627. The van der Waals surface area contributed by atoms with Gasteiger partial charge in [0.1, 0.15) is 4.90 Å². The number of hydrogen-bond donors (Lipinski definition) is 3. The molecule has 0 spiro atoms. The molecule has 0 heterocycles. The molecule has 1 aromatic rings. The van der Waals surface area contributed by atoms with Crippen LogP contribution in [0.2, 0.25) is 0 Å². The minimum atomic E-state index is -4.19. The Labute approximate surface area is 103 Å². The van der Waals surface area contributed by atoms with E-state index in [-0.39, 0.29) is 10.5 Å². The number of urea groups is 1. The van der Waals surface area contributed by atoms with E-state index in [1.807, 2.05) is 5.48 Å². The molecule has 0 aliphatic rings. The van der Waals surface area contributed by atoms with Crippen molar-refractivity contribution in [3.63, 3.8) is 0 Å². The van der Waals surface area contributed by atoms with Crippen molar-refractivity contribution in [2.24, 2.45) is 5.73 Å². The largest absolute Gasteiger partial charge is 0.351 e. The van der Waals surface area contributed by atoms with E-state index in [4.69, 9.17) is 5.73 Å². The third kappa shape index (κ3) is 3.18. The Kier molecular flexibility index (Phi) is 4.23. The summed E-state index contributed by atoms with van der Waals surface area (Å²) >= 11 is 0. The number of benzene rings is 1. The average molecular weight is 273 g/mol. The first-order valence-electron chi connectivity index (χ1n) is 4.63. The van der Waals surface area contributed by atoms with Gasteiger partial charge in [-0.3, -0.25) is 9.63 Å². The minimum absolute atomic E-state index is 0.173. The van der Waals surface area contributed by atoms with Gasteiger partial charge in [-0.2, -0.15) is 0 Å².